The maximum absolute atomic E-state index is 4.64. The number of hydrogen-bond donors (Lipinski definition) is 0. The maximum Gasteiger partial charge on any atom is 0.125 e. The standard InChI is InChI=1S/C15H12N4OS/c1-20-19-8-11-4-5-13(17-7-11)14-10-18-15(21-14)12-3-2-6-16-9-12/h2-10H,1H3/b19-8+. The summed E-state index contributed by atoms with van der Waals surface area (Å²) in [5.74, 6) is 0. The van der Waals surface area contributed by atoms with Crippen LogP contribution in [0.5, 0.6) is 0 Å². The lowest BCUT2D eigenvalue weighted by Crippen LogP contribution is -1.85. The third-order valence-electron chi connectivity index (χ3n) is 2.76. The van der Waals surface area contributed by atoms with Crippen molar-refractivity contribution in [2.45, 2.75) is 0 Å². The summed E-state index contributed by atoms with van der Waals surface area (Å²) >= 11 is 1.59. The Hall–Kier alpha value is -2.60. The zero-order chi connectivity index (χ0) is 14.5. The molecule has 0 atom stereocenters. The highest BCUT2D eigenvalue weighted by Gasteiger charge is 2.07. The van der Waals surface area contributed by atoms with Gasteiger partial charge in [-0.25, -0.2) is 4.98 Å². The van der Waals surface area contributed by atoms with Gasteiger partial charge in [-0.15, -0.1) is 11.3 Å². The van der Waals surface area contributed by atoms with Crippen molar-refractivity contribution in [1.29, 1.82) is 0 Å². The van der Waals surface area contributed by atoms with Gasteiger partial charge < -0.3 is 4.84 Å². The normalized spacial score (nSPS) is 10.9. The van der Waals surface area contributed by atoms with E-state index in [0.29, 0.717) is 0 Å². The number of pyridine rings is 2. The third kappa shape index (κ3) is 3.11. The highest BCUT2D eigenvalue weighted by molar-refractivity contribution is 7.18. The molecule has 0 aliphatic heterocycles. The second-order valence-corrected chi connectivity index (χ2v) is 5.20. The smallest absolute Gasteiger partial charge is 0.125 e. The lowest BCUT2D eigenvalue weighted by molar-refractivity contribution is 0.215. The van der Waals surface area contributed by atoms with Crippen molar-refractivity contribution >= 4 is 17.6 Å². The molecule has 0 amide bonds. The summed E-state index contributed by atoms with van der Waals surface area (Å²) in [4.78, 5) is 18.6. The van der Waals surface area contributed by atoms with Crippen LogP contribution in [0.1, 0.15) is 5.56 Å². The van der Waals surface area contributed by atoms with E-state index in [0.717, 1.165) is 26.7 Å². The van der Waals surface area contributed by atoms with Crippen LogP contribution in [0.4, 0.5) is 0 Å². The largest absolute Gasteiger partial charge is 0.399 e. The minimum atomic E-state index is 0.886. The molecule has 3 aromatic heterocycles. The van der Waals surface area contributed by atoms with Gasteiger partial charge in [0.1, 0.15) is 12.1 Å². The predicted octanol–water partition coefficient (Wildman–Crippen LogP) is 3.25. The van der Waals surface area contributed by atoms with Crippen molar-refractivity contribution in [3.63, 3.8) is 0 Å². The van der Waals surface area contributed by atoms with E-state index in [9.17, 15) is 0 Å². The van der Waals surface area contributed by atoms with E-state index in [1.54, 1.807) is 36.1 Å². The van der Waals surface area contributed by atoms with Gasteiger partial charge >= 0.3 is 0 Å². The van der Waals surface area contributed by atoms with E-state index in [4.69, 9.17) is 0 Å². The van der Waals surface area contributed by atoms with Gasteiger partial charge in [0.25, 0.3) is 0 Å². The minimum Gasteiger partial charge on any atom is -0.399 e. The molecule has 0 aliphatic rings. The van der Waals surface area contributed by atoms with Gasteiger partial charge in [-0.3, -0.25) is 9.97 Å². The van der Waals surface area contributed by atoms with Crippen molar-refractivity contribution in [2.75, 3.05) is 7.11 Å². The lowest BCUT2D eigenvalue weighted by Gasteiger charge is -1.97. The third-order valence-corrected chi connectivity index (χ3v) is 3.83. The van der Waals surface area contributed by atoms with Crippen LogP contribution < -0.4 is 0 Å². The number of hydrogen-bond acceptors (Lipinski definition) is 6. The van der Waals surface area contributed by atoms with Crippen molar-refractivity contribution < 1.29 is 4.84 Å². The van der Waals surface area contributed by atoms with Crippen LogP contribution in [0.25, 0.3) is 21.1 Å². The average molecular weight is 296 g/mol. The molecule has 0 aliphatic carbocycles. The van der Waals surface area contributed by atoms with Crippen LogP contribution >= 0.6 is 11.3 Å². The summed E-state index contributed by atoms with van der Waals surface area (Å²) in [6.07, 6.45) is 8.75. The predicted molar refractivity (Wildman–Crippen MR) is 83.2 cm³/mol. The zero-order valence-electron chi connectivity index (χ0n) is 11.3. The first kappa shape index (κ1) is 13.4. The molecule has 0 saturated heterocycles. The molecule has 3 rings (SSSR count). The second-order valence-electron chi connectivity index (χ2n) is 4.17. The van der Waals surface area contributed by atoms with Crippen LogP contribution in [0, 0.1) is 0 Å². The Bertz CT molecular complexity index is 738. The molecule has 5 nitrogen and oxygen atoms in total. The summed E-state index contributed by atoms with van der Waals surface area (Å²) in [6, 6.07) is 7.78. The monoisotopic (exact) mass is 296 g/mol. The fraction of sp³-hybridized carbons (Fsp3) is 0.0667. The Labute approximate surface area is 126 Å². The SMILES string of the molecule is CO/N=C/c1ccc(-c2cnc(-c3cccnc3)s2)nc1. The quantitative estimate of drug-likeness (QED) is 0.548. The second kappa shape index (κ2) is 6.23. The number of thiazole rings is 1. The van der Waals surface area contributed by atoms with Crippen LogP contribution in [-0.4, -0.2) is 28.3 Å². The minimum absolute atomic E-state index is 0.886. The van der Waals surface area contributed by atoms with E-state index < -0.39 is 0 Å². The Kier molecular flexibility index (Phi) is 3.97. The molecule has 3 heterocycles. The maximum atomic E-state index is 4.64. The summed E-state index contributed by atoms with van der Waals surface area (Å²) in [5, 5.41) is 4.64. The number of aromatic nitrogens is 3. The van der Waals surface area contributed by atoms with Crippen molar-refractivity contribution in [3.05, 3.63) is 54.6 Å². The van der Waals surface area contributed by atoms with E-state index >= 15 is 0 Å². The van der Waals surface area contributed by atoms with Crippen LogP contribution in [0.3, 0.4) is 0 Å². The van der Waals surface area contributed by atoms with Crippen molar-refractivity contribution in [3.8, 4) is 21.1 Å². The average Bonchev–Trinajstić information content (AvgIpc) is 3.04. The molecule has 104 valence electrons. The molecular weight excluding hydrogens is 284 g/mol. The van der Waals surface area contributed by atoms with Gasteiger partial charge in [-0.1, -0.05) is 5.16 Å². The lowest BCUT2D eigenvalue weighted by atomic mass is 10.2. The fourth-order valence-corrected chi connectivity index (χ4v) is 2.64. The fourth-order valence-electron chi connectivity index (χ4n) is 1.76. The van der Waals surface area contributed by atoms with Gasteiger partial charge in [0.15, 0.2) is 0 Å². The van der Waals surface area contributed by atoms with Gasteiger partial charge in [-0.2, -0.15) is 0 Å². The van der Waals surface area contributed by atoms with Crippen LogP contribution in [0.2, 0.25) is 0 Å². The molecule has 0 saturated carbocycles. The number of nitrogens with zero attached hydrogens (tertiary/aromatic N) is 4. The van der Waals surface area contributed by atoms with Gasteiger partial charge in [0.2, 0.25) is 0 Å². The molecule has 3 aromatic rings. The molecule has 0 fully saturated rings. The highest BCUT2D eigenvalue weighted by Crippen LogP contribution is 2.30. The Morgan fingerprint density at radius 3 is 2.81 bits per heavy atom. The molecule has 0 radical (unpaired) electrons. The molecular formula is C15H12N4OS. The van der Waals surface area contributed by atoms with E-state index in [1.165, 1.54) is 7.11 Å². The van der Waals surface area contributed by atoms with E-state index in [-0.39, 0.29) is 0 Å². The summed E-state index contributed by atoms with van der Waals surface area (Å²) in [6.45, 7) is 0. The zero-order valence-corrected chi connectivity index (χ0v) is 12.1. The Morgan fingerprint density at radius 1 is 1.14 bits per heavy atom. The Morgan fingerprint density at radius 2 is 2.10 bits per heavy atom. The van der Waals surface area contributed by atoms with Gasteiger partial charge in [0.05, 0.1) is 16.8 Å². The molecule has 0 bridgehead atoms. The van der Waals surface area contributed by atoms with Gasteiger partial charge in [0, 0.05) is 35.9 Å². The first-order valence-electron chi connectivity index (χ1n) is 6.26. The first-order chi connectivity index (χ1) is 10.4. The summed E-state index contributed by atoms with van der Waals surface area (Å²) < 4.78 is 0. The molecule has 6 heteroatoms. The van der Waals surface area contributed by atoms with Crippen molar-refractivity contribution in [2.24, 2.45) is 5.16 Å². The van der Waals surface area contributed by atoms with E-state index in [1.807, 2.05) is 30.5 Å². The molecule has 0 aromatic carbocycles. The molecule has 0 N–H and O–H groups in total. The molecule has 0 unspecified atom stereocenters. The summed E-state index contributed by atoms with van der Waals surface area (Å²) in [5.41, 5.74) is 2.78. The van der Waals surface area contributed by atoms with Crippen LogP contribution in [-0.2, 0) is 4.84 Å². The topological polar surface area (TPSA) is 60.3 Å². The van der Waals surface area contributed by atoms with Gasteiger partial charge in [-0.05, 0) is 24.3 Å². The number of rotatable bonds is 4. The Balaban J connectivity index is 1.85. The first-order valence-corrected chi connectivity index (χ1v) is 7.07. The molecule has 21 heavy (non-hydrogen) atoms. The van der Waals surface area contributed by atoms with Crippen LogP contribution in [0.15, 0.2) is 54.2 Å². The highest BCUT2D eigenvalue weighted by atomic mass is 32.1. The van der Waals surface area contributed by atoms with E-state index in [2.05, 4.69) is 24.9 Å². The van der Waals surface area contributed by atoms with Crippen molar-refractivity contribution in [1.82, 2.24) is 15.0 Å². The summed E-state index contributed by atoms with van der Waals surface area (Å²) in [7, 11) is 1.51. The number of oxime groups is 1. The molecule has 0 spiro atoms.